The zero-order chi connectivity index (χ0) is 11.9. The van der Waals surface area contributed by atoms with Gasteiger partial charge >= 0.3 is 0 Å². The smallest absolute Gasteiger partial charge is 0.108 e. The molecule has 1 aliphatic heterocycles. The quantitative estimate of drug-likeness (QED) is 0.670. The van der Waals surface area contributed by atoms with Gasteiger partial charge in [0.15, 0.2) is 0 Å². The monoisotopic (exact) mass is 236 g/mol. The van der Waals surface area contributed by atoms with Crippen LogP contribution in [0.4, 0.5) is 0 Å². The van der Waals surface area contributed by atoms with E-state index in [1.807, 2.05) is 0 Å². The normalized spacial score (nSPS) is 28.2. The van der Waals surface area contributed by atoms with Gasteiger partial charge in [0.25, 0.3) is 0 Å². The van der Waals surface area contributed by atoms with Crippen LogP contribution in [0.5, 0.6) is 0 Å². The van der Waals surface area contributed by atoms with E-state index in [2.05, 4.69) is 48.6 Å². The minimum Gasteiger partial charge on any atom is -0.497 e. The lowest BCUT2D eigenvalue weighted by atomic mass is 9.74. The summed E-state index contributed by atoms with van der Waals surface area (Å²) in [6.07, 6.45) is 11.4. The van der Waals surface area contributed by atoms with Gasteiger partial charge in [-0.25, -0.2) is 0 Å². The van der Waals surface area contributed by atoms with Gasteiger partial charge in [0.1, 0.15) is 5.76 Å². The molecule has 1 aromatic carbocycles. The molecule has 0 bridgehead atoms. The summed E-state index contributed by atoms with van der Waals surface area (Å²) in [4.78, 5) is 0. The van der Waals surface area contributed by atoms with Gasteiger partial charge in [0.2, 0.25) is 0 Å². The van der Waals surface area contributed by atoms with E-state index in [9.17, 15) is 0 Å². The molecule has 0 saturated carbocycles. The summed E-state index contributed by atoms with van der Waals surface area (Å²) in [5, 5.41) is 2.67. The molecule has 3 aliphatic rings. The van der Waals surface area contributed by atoms with Gasteiger partial charge in [-0.3, -0.25) is 0 Å². The predicted molar refractivity (Wildman–Crippen MR) is 73.0 cm³/mol. The average Bonchev–Trinajstić information content (AvgIpc) is 2.48. The van der Waals surface area contributed by atoms with Crippen LogP contribution in [0.3, 0.4) is 0 Å². The van der Waals surface area contributed by atoms with Gasteiger partial charge in [0, 0.05) is 17.1 Å². The zero-order valence-corrected chi connectivity index (χ0v) is 10.3. The summed E-state index contributed by atoms with van der Waals surface area (Å²) in [7, 11) is 0. The van der Waals surface area contributed by atoms with Crippen LogP contribution in [0.15, 0.2) is 48.6 Å². The molecule has 0 N–H and O–H groups in total. The topological polar surface area (TPSA) is 9.23 Å². The fourth-order valence-electron chi connectivity index (χ4n) is 3.47. The van der Waals surface area contributed by atoms with Crippen LogP contribution in [0.1, 0.15) is 12.8 Å². The number of fused-ring (bicyclic) bond motifs is 4. The molecule has 90 valence electrons. The molecule has 1 nitrogen and oxygen atoms in total. The minimum atomic E-state index is 0.514. The average molecular weight is 236 g/mol. The Kier molecular flexibility index (Phi) is 2.19. The first-order chi connectivity index (χ1) is 8.95. The molecule has 2 atom stereocenters. The van der Waals surface area contributed by atoms with Gasteiger partial charge in [-0.1, -0.05) is 48.6 Å². The fraction of sp³-hybridized carbons (Fsp3) is 0.294. The molecule has 1 saturated heterocycles. The highest BCUT2D eigenvalue weighted by Crippen LogP contribution is 2.39. The second-order valence-corrected chi connectivity index (χ2v) is 5.23. The van der Waals surface area contributed by atoms with Crippen LogP contribution in [0.2, 0.25) is 0 Å². The summed E-state index contributed by atoms with van der Waals surface area (Å²) >= 11 is 0. The van der Waals surface area contributed by atoms with Crippen LogP contribution in [0.25, 0.3) is 11.3 Å². The van der Waals surface area contributed by atoms with Crippen LogP contribution < -0.4 is 10.4 Å². The van der Waals surface area contributed by atoms with Crippen molar-refractivity contribution in [1.82, 2.24) is 0 Å². The van der Waals surface area contributed by atoms with E-state index in [4.69, 9.17) is 4.74 Å². The molecule has 0 aromatic heterocycles. The summed E-state index contributed by atoms with van der Waals surface area (Å²) in [5.74, 6) is 2.29. The minimum absolute atomic E-state index is 0.514. The van der Waals surface area contributed by atoms with E-state index in [1.165, 1.54) is 34.6 Å². The number of allylic oxidation sites excluding steroid dienone is 4. The molecule has 2 unspecified atom stereocenters. The largest absolute Gasteiger partial charge is 0.497 e. The lowest BCUT2D eigenvalue weighted by Crippen LogP contribution is -2.41. The van der Waals surface area contributed by atoms with Crippen molar-refractivity contribution in [3.8, 4) is 0 Å². The standard InChI is InChI=1S/C17H16O/c1-2-7-14-12(6-1)13-8-3-4-9-15(13)17-16(14)10-5-11-18-17/h1-4,6-9,14,16H,5,10-11H2. The molecule has 18 heavy (non-hydrogen) atoms. The molecular weight excluding hydrogens is 220 g/mol. The van der Waals surface area contributed by atoms with E-state index in [1.54, 1.807) is 0 Å². The highest BCUT2D eigenvalue weighted by Gasteiger charge is 2.33. The Morgan fingerprint density at radius 1 is 1.06 bits per heavy atom. The lowest BCUT2D eigenvalue weighted by molar-refractivity contribution is 0.180. The highest BCUT2D eigenvalue weighted by molar-refractivity contribution is 5.69. The Balaban J connectivity index is 2.11. The van der Waals surface area contributed by atoms with Crippen LogP contribution in [0, 0.1) is 11.8 Å². The fourth-order valence-corrected chi connectivity index (χ4v) is 3.47. The van der Waals surface area contributed by atoms with Crippen molar-refractivity contribution in [2.24, 2.45) is 11.8 Å². The first kappa shape index (κ1) is 10.2. The number of hydrogen-bond acceptors (Lipinski definition) is 1. The van der Waals surface area contributed by atoms with E-state index in [0.717, 1.165) is 6.61 Å². The summed E-state index contributed by atoms with van der Waals surface area (Å²) in [5.41, 5.74) is 1.47. The van der Waals surface area contributed by atoms with E-state index < -0.39 is 0 Å². The Bertz CT molecular complexity index is 663. The first-order valence-electron chi connectivity index (χ1n) is 6.76. The Labute approximate surface area is 107 Å². The highest BCUT2D eigenvalue weighted by atomic mass is 16.5. The molecule has 2 aliphatic carbocycles. The van der Waals surface area contributed by atoms with Gasteiger partial charge in [-0.2, -0.15) is 0 Å². The van der Waals surface area contributed by atoms with Gasteiger partial charge in [0.05, 0.1) is 6.61 Å². The molecular formula is C17H16O. The molecule has 0 amide bonds. The van der Waals surface area contributed by atoms with E-state index in [0.29, 0.717) is 11.8 Å². The molecule has 4 rings (SSSR count). The van der Waals surface area contributed by atoms with Crippen molar-refractivity contribution >= 4 is 11.3 Å². The van der Waals surface area contributed by atoms with Crippen LogP contribution >= 0.6 is 0 Å². The van der Waals surface area contributed by atoms with Crippen LogP contribution in [-0.4, -0.2) is 6.61 Å². The SMILES string of the molecule is C1=CC2=c3ccccc3=C3OCCCC3C2C=C1. The summed E-state index contributed by atoms with van der Waals surface area (Å²) in [6.45, 7) is 0.877. The molecule has 1 heteroatoms. The summed E-state index contributed by atoms with van der Waals surface area (Å²) < 4.78 is 6.00. The van der Waals surface area contributed by atoms with Crippen molar-refractivity contribution < 1.29 is 4.74 Å². The van der Waals surface area contributed by atoms with Crippen molar-refractivity contribution in [2.45, 2.75) is 12.8 Å². The molecule has 0 radical (unpaired) electrons. The Morgan fingerprint density at radius 3 is 2.89 bits per heavy atom. The molecule has 1 fully saturated rings. The second kappa shape index (κ2) is 3.88. The van der Waals surface area contributed by atoms with Crippen molar-refractivity contribution in [3.63, 3.8) is 0 Å². The third-order valence-electron chi connectivity index (χ3n) is 4.26. The van der Waals surface area contributed by atoms with E-state index in [-0.39, 0.29) is 0 Å². The Hall–Kier alpha value is -1.76. The number of ether oxygens (including phenoxy) is 1. The van der Waals surface area contributed by atoms with Crippen LogP contribution in [-0.2, 0) is 4.74 Å². The zero-order valence-electron chi connectivity index (χ0n) is 10.3. The maximum Gasteiger partial charge on any atom is 0.108 e. The lowest BCUT2D eigenvalue weighted by Gasteiger charge is -2.35. The predicted octanol–water partition coefficient (Wildman–Crippen LogP) is 2.13. The Morgan fingerprint density at radius 2 is 1.94 bits per heavy atom. The van der Waals surface area contributed by atoms with Crippen molar-refractivity contribution in [1.29, 1.82) is 0 Å². The first-order valence-corrected chi connectivity index (χ1v) is 6.76. The van der Waals surface area contributed by atoms with Gasteiger partial charge < -0.3 is 4.74 Å². The molecule has 1 aromatic rings. The molecule has 1 heterocycles. The third kappa shape index (κ3) is 1.34. The second-order valence-electron chi connectivity index (χ2n) is 5.23. The summed E-state index contributed by atoms with van der Waals surface area (Å²) in [6, 6.07) is 8.67. The van der Waals surface area contributed by atoms with Crippen molar-refractivity contribution in [3.05, 3.63) is 59.0 Å². The number of rotatable bonds is 0. The number of hydrogen-bond donors (Lipinski definition) is 0. The van der Waals surface area contributed by atoms with E-state index >= 15 is 0 Å². The van der Waals surface area contributed by atoms with Gasteiger partial charge in [-0.15, -0.1) is 0 Å². The maximum absolute atomic E-state index is 6.00. The van der Waals surface area contributed by atoms with Gasteiger partial charge in [-0.05, 0) is 23.6 Å². The van der Waals surface area contributed by atoms with Crippen molar-refractivity contribution in [2.75, 3.05) is 6.61 Å². The number of benzene rings is 1. The third-order valence-corrected chi connectivity index (χ3v) is 4.26. The maximum atomic E-state index is 6.00. The molecule has 0 spiro atoms.